The van der Waals surface area contributed by atoms with E-state index in [0.717, 1.165) is 41.5 Å². The summed E-state index contributed by atoms with van der Waals surface area (Å²) in [4.78, 5) is 36.0. The first-order valence-electron chi connectivity index (χ1n) is 12.2. The van der Waals surface area contributed by atoms with Gasteiger partial charge in [0.15, 0.2) is 0 Å². The zero-order valence-electron chi connectivity index (χ0n) is 19.0. The number of benzene rings is 1. The monoisotopic (exact) mass is 466 g/mol. The number of nitrogens with zero attached hydrogens (tertiary/aromatic N) is 3. The van der Waals surface area contributed by atoms with E-state index in [-0.39, 0.29) is 23.4 Å². The van der Waals surface area contributed by atoms with Gasteiger partial charge in [-0.3, -0.25) is 9.59 Å². The molecule has 4 saturated carbocycles. The van der Waals surface area contributed by atoms with Gasteiger partial charge in [-0.15, -0.1) is 0 Å². The third-order valence-corrected chi connectivity index (χ3v) is 8.41. The van der Waals surface area contributed by atoms with Crippen molar-refractivity contribution in [3.63, 3.8) is 0 Å². The van der Waals surface area contributed by atoms with E-state index in [1.165, 1.54) is 49.8 Å². The highest BCUT2D eigenvalue weighted by atomic mass is 19.1. The third kappa shape index (κ3) is 3.87. The Kier molecular flexibility index (Phi) is 5.15. The van der Waals surface area contributed by atoms with E-state index in [0.29, 0.717) is 30.9 Å². The van der Waals surface area contributed by atoms with Crippen molar-refractivity contribution in [2.45, 2.75) is 57.9 Å². The molecule has 0 unspecified atom stereocenters. The molecule has 4 fully saturated rings. The zero-order valence-corrected chi connectivity index (χ0v) is 19.0. The van der Waals surface area contributed by atoms with Crippen LogP contribution < -0.4 is 5.32 Å². The molecule has 0 spiro atoms. The lowest BCUT2D eigenvalue weighted by Crippen LogP contribution is -2.47. The van der Waals surface area contributed by atoms with Crippen LogP contribution in [-0.2, 0) is 17.8 Å². The number of anilines is 1. The summed E-state index contributed by atoms with van der Waals surface area (Å²) in [5.41, 5.74) is 1.28. The molecule has 1 N–H and O–H groups in total. The lowest BCUT2D eigenvalue weighted by Gasteiger charge is -2.56. The van der Waals surface area contributed by atoms with Crippen LogP contribution in [0.5, 0.6) is 0 Å². The van der Waals surface area contributed by atoms with Crippen molar-refractivity contribution < 1.29 is 18.4 Å². The quantitative estimate of drug-likeness (QED) is 0.720. The van der Waals surface area contributed by atoms with Crippen LogP contribution in [0.15, 0.2) is 24.5 Å². The standard InChI is InChI=1S/C26H28F2N4O2/c27-18-1-2-21(28)20(8-18)25(34)32-4-3-19-22(13-32)29-14-30-24(19)31-23(33)12-26-9-15-5-16(10-26)7-17(6-15)11-26/h1-2,8,14-17H,3-7,9-13H2,(H,29,30,31,33). The minimum Gasteiger partial charge on any atom is -0.332 e. The molecule has 2 aromatic rings. The number of amides is 2. The first kappa shape index (κ1) is 21.6. The van der Waals surface area contributed by atoms with Crippen molar-refractivity contribution in [3.8, 4) is 0 Å². The van der Waals surface area contributed by atoms with Gasteiger partial charge >= 0.3 is 0 Å². The summed E-state index contributed by atoms with van der Waals surface area (Å²) in [5.74, 6) is 0.888. The SMILES string of the molecule is O=C(CC12CC3CC(CC(C3)C1)C2)Nc1ncnc2c1CCN(C(=O)c1cc(F)ccc1F)C2. The second-order valence-corrected chi connectivity index (χ2v) is 10.9. The Hall–Kier alpha value is -2.90. The van der Waals surface area contributed by atoms with Crippen LogP contribution in [0.2, 0.25) is 0 Å². The Morgan fingerprint density at radius 2 is 1.76 bits per heavy atom. The summed E-state index contributed by atoms with van der Waals surface area (Å²) in [6.45, 7) is 0.470. The molecule has 4 bridgehead atoms. The van der Waals surface area contributed by atoms with Crippen molar-refractivity contribution in [1.82, 2.24) is 14.9 Å². The summed E-state index contributed by atoms with van der Waals surface area (Å²) in [6.07, 6.45) is 9.89. The summed E-state index contributed by atoms with van der Waals surface area (Å²) in [5, 5.41) is 3.03. The minimum atomic E-state index is -0.752. The number of carbonyl (C=O) groups excluding carboxylic acids is 2. The van der Waals surface area contributed by atoms with E-state index < -0.39 is 17.5 Å². The lowest BCUT2D eigenvalue weighted by molar-refractivity contribution is -0.124. The van der Waals surface area contributed by atoms with Crippen molar-refractivity contribution >= 4 is 17.6 Å². The number of halogens is 2. The molecule has 1 aromatic heterocycles. The van der Waals surface area contributed by atoms with Gasteiger partial charge in [-0.25, -0.2) is 18.7 Å². The topological polar surface area (TPSA) is 75.2 Å². The number of aromatic nitrogens is 2. The van der Waals surface area contributed by atoms with Gasteiger partial charge in [-0.1, -0.05) is 0 Å². The molecule has 8 heteroatoms. The molecule has 7 rings (SSSR count). The Morgan fingerprint density at radius 3 is 2.47 bits per heavy atom. The first-order chi connectivity index (χ1) is 16.4. The fraction of sp³-hybridized carbons (Fsp3) is 0.538. The maximum absolute atomic E-state index is 14.1. The molecule has 4 aliphatic carbocycles. The average Bonchev–Trinajstić information content (AvgIpc) is 2.78. The molecule has 2 amide bonds. The molecule has 0 atom stereocenters. The summed E-state index contributed by atoms with van der Waals surface area (Å²) < 4.78 is 27.7. The number of fused-ring (bicyclic) bond motifs is 1. The van der Waals surface area contributed by atoms with Crippen LogP contribution in [0.3, 0.4) is 0 Å². The molecule has 2 heterocycles. The van der Waals surface area contributed by atoms with Gasteiger partial charge < -0.3 is 10.2 Å². The van der Waals surface area contributed by atoms with E-state index in [4.69, 9.17) is 0 Å². The van der Waals surface area contributed by atoms with Crippen molar-refractivity contribution in [2.24, 2.45) is 23.2 Å². The van der Waals surface area contributed by atoms with Crippen molar-refractivity contribution in [1.29, 1.82) is 0 Å². The number of carbonyl (C=O) groups is 2. The van der Waals surface area contributed by atoms with Gasteiger partial charge in [0.25, 0.3) is 5.91 Å². The van der Waals surface area contributed by atoms with E-state index in [1.807, 2.05) is 0 Å². The first-order valence-corrected chi connectivity index (χ1v) is 12.2. The molecule has 1 aromatic carbocycles. The van der Waals surface area contributed by atoms with Gasteiger partial charge in [-0.2, -0.15) is 0 Å². The zero-order chi connectivity index (χ0) is 23.4. The summed E-state index contributed by atoms with van der Waals surface area (Å²) in [7, 11) is 0. The molecule has 0 saturated heterocycles. The van der Waals surface area contributed by atoms with Gasteiger partial charge in [0.1, 0.15) is 23.8 Å². The molecular formula is C26H28F2N4O2. The van der Waals surface area contributed by atoms with E-state index >= 15 is 0 Å². The van der Waals surface area contributed by atoms with Gasteiger partial charge in [0, 0.05) is 18.5 Å². The van der Waals surface area contributed by atoms with E-state index in [1.54, 1.807) is 0 Å². The number of hydrogen-bond donors (Lipinski definition) is 1. The van der Waals surface area contributed by atoms with Crippen LogP contribution in [0.1, 0.15) is 66.6 Å². The molecule has 178 valence electrons. The number of rotatable bonds is 4. The highest BCUT2D eigenvalue weighted by molar-refractivity contribution is 5.95. The fourth-order valence-electron chi connectivity index (χ4n) is 7.49. The lowest BCUT2D eigenvalue weighted by atomic mass is 9.49. The second-order valence-electron chi connectivity index (χ2n) is 10.9. The highest BCUT2D eigenvalue weighted by Crippen LogP contribution is 2.61. The molecule has 1 aliphatic heterocycles. The fourth-order valence-corrected chi connectivity index (χ4v) is 7.49. The van der Waals surface area contributed by atoms with Crippen LogP contribution >= 0.6 is 0 Å². The maximum Gasteiger partial charge on any atom is 0.257 e. The third-order valence-electron chi connectivity index (χ3n) is 8.41. The van der Waals surface area contributed by atoms with Crippen molar-refractivity contribution in [3.05, 3.63) is 53.0 Å². The molecular weight excluding hydrogens is 438 g/mol. The van der Waals surface area contributed by atoms with E-state index in [9.17, 15) is 18.4 Å². The summed E-state index contributed by atoms with van der Waals surface area (Å²) >= 11 is 0. The normalized spacial score (nSPS) is 29.1. The van der Waals surface area contributed by atoms with Gasteiger partial charge in [-0.05, 0) is 86.3 Å². The van der Waals surface area contributed by atoms with Crippen LogP contribution in [0, 0.1) is 34.8 Å². The molecule has 6 nitrogen and oxygen atoms in total. The Morgan fingerprint density at radius 1 is 1.06 bits per heavy atom. The van der Waals surface area contributed by atoms with Gasteiger partial charge in [0.05, 0.1) is 17.8 Å². The number of nitrogens with one attached hydrogen (secondary N) is 1. The smallest absolute Gasteiger partial charge is 0.257 e. The van der Waals surface area contributed by atoms with Gasteiger partial charge in [0.2, 0.25) is 5.91 Å². The molecule has 34 heavy (non-hydrogen) atoms. The number of hydrogen-bond acceptors (Lipinski definition) is 4. The van der Waals surface area contributed by atoms with Crippen LogP contribution in [0.25, 0.3) is 0 Å². The predicted octanol–water partition coefficient (Wildman–Crippen LogP) is 4.50. The second kappa shape index (κ2) is 8.10. The summed E-state index contributed by atoms with van der Waals surface area (Å²) in [6, 6.07) is 2.87. The molecule has 5 aliphatic rings. The largest absolute Gasteiger partial charge is 0.332 e. The minimum absolute atomic E-state index is 0.00295. The Labute approximate surface area is 197 Å². The van der Waals surface area contributed by atoms with Crippen LogP contribution in [-0.4, -0.2) is 33.2 Å². The van der Waals surface area contributed by atoms with Crippen LogP contribution in [0.4, 0.5) is 14.6 Å². The highest BCUT2D eigenvalue weighted by Gasteiger charge is 2.51. The molecule has 0 radical (unpaired) electrons. The van der Waals surface area contributed by atoms with E-state index in [2.05, 4.69) is 15.3 Å². The maximum atomic E-state index is 14.1. The average molecular weight is 467 g/mol. The Balaban J connectivity index is 1.16. The predicted molar refractivity (Wildman–Crippen MR) is 121 cm³/mol. The Bertz CT molecular complexity index is 1130. The van der Waals surface area contributed by atoms with Crippen molar-refractivity contribution in [2.75, 3.05) is 11.9 Å².